The van der Waals surface area contributed by atoms with Crippen molar-refractivity contribution in [1.29, 1.82) is 0 Å². The van der Waals surface area contributed by atoms with Gasteiger partial charge in [0.15, 0.2) is 0 Å². The van der Waals surface area contributed by atoms with Crippen molar-refractivity contribution < 1.29 is 22.8 Å². The van der Waals surface area contributed by atoms with Crippen molar-refractivity contribution >= 4 is 41.2 Å². The first-order chi connectivity index (χ1) is 12.9. The van der Waals surface area contributed by atoms with E-state index < -0.39 is 23.3 Å². The lowest BCUT2D eigenvalue weighted by Crippen LogP contribution is -2.51. The largest absolute Gasteiger partial charge is 0.433 e. The van der Waals surface area contributed by atoms with E-state index in [0.717, 1.165) is 17.2 Å². The molecule has 0 aliphatic heterocycles. The van der Waals surface area contributed by atoms with Gasteiger partial charge in [0.25, 0.3) is 0 Å². The molecule has 1 aromatic heterocycles. The third kappa shape index (κ3) is 5.14. The summed E-state index contributed by atoms with van der Waals surface area (Å²) in [5, 5.41) is 3.21. The van der Waals surface area contributed by atoms with Crippen LogP contribution in [-0.4, -0.2) is 27.7 Å². The second-order valence-electron chi connectivity index (χ2n) is 6.42. The molecule has 0 saturated carbocycles. The quantitative estimate of drug-likeness (QED) is 0.666. The highest BCUT2D eigenvalue weighted by molar-refractivity contribution is 6.42. The van der Waals surface area contributed by atoms with Crippen molar-refractivity contribution in [3.8, 4) is 0 Å². The van der Waals surface area contributed by atoms with Crippen LogP contribution < -0.4 is 5.32 Å². The lowest BCUT2D eigenvalue weighted by atomic mass is 10.0. The number of alkyl halides is 3. The van der Waals surface area contributed by atoms with Gasteiger partial charge in [-0.15, -0.1) is 0 Å². The third-order valence-electron chi connectivity index (χ3n) is 4.05. The number of benzene rings is 1. The Morgan fingerprint density at radius 2 is 1.86 bits per heavy atom. The molecule has 1 aromatic carbocycles. The SMILES string of the molecule is CC(C)(C(=O)Nc1ccc(Cl)c(Cl)c1)N(C=O)Cc1ccc(C(F)(F)F)nc1. The van der Waals surface area contributed by atoms with Gasteiger partial charge in [-0.3, -0.25) is 14.6 Å². The van der Waals surface area contributed by atoms with Crippen LogP contribution in [0.3, 0.4) is 0 Å². The molecule has 2 rings (SSSR count). The normalized spacial score (nSPS) is 11.8. The molecule has 0 fully saturated rings. The summed E-state index contributed by atoms with van der Waals surface area (Å²) < 4.78 is 37.8. The van der Waals surface area contributed by atoms with Crippen molar-refractivity contribution in [2.75, 3.05) is 5.32 Å². The maximum atomic E-state index is 12.7. The fraction of sp³-hybridized carbons (Fsp3) is 0.278. The van der Waals surface area contributed by atoms with Gasteiger partial charge < -0.3 is 10.2 Å². The second kappa shape index (κ2) is 8.36. The Hall–Kier alpha value is -2.32. The molecule has 150 valence electrons. The molecule has 0 aliphatic rings. The average Bonchev–Trinajstić information content (AvgIpc) is 2.62. The number of aromatic nitrogens is 1. The molecular weight excluding hydrogens is 418 g/mol. The van der Waals surface area contributed by atoms with E-state index in [4.69, 9.17) is 23.2 Å². The van der Waals surface area contributed by atoms with E-state index in [1.54, 1.807) is 6.07 Å². The summed E-state index contributed by atoms with van der Waals surface area (Å²) in [7, 11) is 0. The van der Waals surface area contributed by atoms with Gasteiger partial charge in [0.05, 0.1) is 10.0 Å². The summed E-state index contributed by atoms with van der Waals surface area (Å²) in [5.41, 5.74) is -1.62. The summed E-state index contributed by atoms with van der Waals surface area (Å²) in [5.74, 6) is -0.516. The average molecular weight is 434 g/mol. The van der Waals surface area contributed by atoms with E-state index in [0.29, 0.717) is 22.7 Å². The fourth-order valence-corrected chi connectivity index (χ4v) is 2.54. The zero-order chi connectivity index (χ0) is 21.1. The van der Waals surface area contributed by atoms with Crippen LogP contribution in [0.5, 0.6) is 0 Å². The number of anilines is 1. The van der Waals surface area contributed by atoms with Gasteiger partial charge in [0.2, 0.25) is 12.3 Å². The van der Waals surface area contributed by atoms with E-state index in [2.05, 4.69) is 10.3 Å². The highest BCUT2D eigenvalue weighted by Gasteiger charge is 2.35. The minimum atomic E-state index is -4.55. The standard InChI is InChI=1S/C18H16Cl2F3N3O2/c1-17(2,16(28)25-12-4-5-13(19)14(20)7-12)26(10-27)9-11-3-6-15(24-8-11)18(21,22)23/h3-8,10H,9H2,1-2H3,(H,25,28). The van der Waals surface area contributed by atoms with Gasteiger partial charge >= 0.3 is 6.18 Å². The first kappa shape index (κ1) is 22.0. The molecule has 0 atom stereocenters. The van der Waals surface area contributed by atoms with Crippen molar-refractivity contribution in [3.05, 3.63) is 57.8 Å². The highest BCUT2D eigenvalue weighted by atomic mass is 35.5. The molecule has 0 bridgehead atoms. The molecule has 0 spiro atoms. The Bertz CT molecular complexity index is 871. The van der Waals surface area contributed by atoms with E-state index in [1.807, 2.05) is 0 Å². The van der Waals surface area contributed by atoms with Gasteiger partial charge in [-0.05, 0) is 43.7 Å². The number of hydrogen-bond donors (Lipinski definition) is 1. The van der Waals surface area contributed by atoms with Crippen LogP contribution in [-0.2, 0) is 22.3 Å². The number of carbonyl (C=O) groups excluding carboxylic acids is 2. The predicted molar refractivity (Wildman–Crippen MR) is 100 cm³/mol. The number of pyridine rings is 1. The minimum Gasteiger partial charge on any atom is -0.327 e. The molecule has 2 amide bonds. The van der Waals surface area contributed by atoms with Crippen LogP contribution in [0.2, 0.25) is 10.0 Å². The van der Waals surface area contributed by atoms with Crippen LogP contribution in [0.1, 0.15) is 25.1 Å². The summed E-state index contributed by atoms with van der Waals surface area (Å²) in [6, 6.07) is 6.55. The molecule has 5 nitrogen and oxygen atoms in total. The van der Waals surface area contributed by atoms with Gasteiger partial charge in [0.1, 0.15) is 11.2 Å². The third-order valence-corrected chi connectivity index (χ3v) is 4.79. The zero-order valence-electron chi connectivity index (χ0n) is 14.8. The maximum absolute atomic E-state index is 12.7. The number of carbonyl (C=O) groups is 2. The predicted octanol–water partition coefficient (Wildman–Crippen LogP) is 4.78. The monoisotopic (exact) mass is 433 g/mol. The first-order valence-corrected chi connectivity index (χ1v) is 8.71. The highest BCUT2D eigenvalue weighted by Crippen LogP contribution is 2.28. The van der Waals surface area contributed by atoms with E-state index >= 15 is 0 Å². The maximum Gasteiger partial charge on any atom is 0.433 e. The number of amides is 2. The number of hydrogen-bond acceptors (Lipinski definition) is 3. The first-order valence-electron chi connectivity index (χ1n) is 7.96. The summed E-state index contributed by atoms with van der Waals surface area (Å²) in [4.78, 5) is 28.7. The molecule has 28 heavy (non-hydrogen) atoms. The zero-order valence-corrected chi connectivity index (χ0v) is 16.4. The van der Waals surface area contributed by atoms with Crippen molar-refractivity contribution in [2.45, 2.75) is 32.1 Å². The number of nitrogens with zero attached hydrogens (tertiary/aromatic N) is 2. The minimum absolute atomic E-state index is 0.101. The molecule has 0 unspecified atom stereocenters. The molecule has 0 aliphatic carbocycles. The molecule has 0 radical (unpaired) electrons. The number of rotatable bonds is 6. The fourth-order valence-electron chi connectivity index (χ4n) is 2.24. The molecular formula is C18H16Cl2F3N3O2. The van der Waals surface area contributed by atoms with Gasteiger partial charge in [0, 0.05) is 18.4 Å². The van der Waals surface area contributed by atoms with E-state index in [-0.39, 0.29) is 11.6 Å². The lowest BCUT2D eigenvalue weighted by molar-refractivity contribution is -0.141. The summed E-state index contributed by atoms with van der Waals surface area (Å²) >= 11 is 11.8. The van der Waals surface area contributed by atoms with Crippen LogP contribution in [0.15, 0.2) is 36.5 Å². The number of halogens is 5. The van der Waals surface area contributed by atoms with Gasteiger partial charge in [-0.25, -0.2) is 0 Å². The van der Waals surface area contributed by atoms with Crippen molar-refractivity contribution in [2.24, 2.45) is 0 Å². The van der Waals surface area contributed by atoms with Gasteiger partial charge in [-0.1, -0.05) is 29.3 Å². The lowest BCUT2D eigenvalue weighted by Gasteiger charge is -2.34. The van der Waals surface area contributed by atoms with Crippen LogP contribution in [0.4, 0.5) is 18.9 Å². The Kier molecular flexibility index (Phi) is 6.56. The summed E-state index contributed by atoms with van der Waals surface area (Å²) in [6.45, 7) is 2.91. The molecule has 0 saturated heterocycles. The van der Waals surface area contributed by atoms with Crippen LogP contribution in [0, 0.1) is 0 Å². The van der Waals surface area contributed by atoms with E-state index in [9.17, 15) is 22.8 Å². The second-order valence-corrected chi connectivity index (χ2v) is 7.24. The molecule has 10 heteroatoms. The molecule has 1 heterocycles. The Morgan fingerprint density at radius 3 is 2.36 bits per heavy atom. The number of nitrogens with one attached hydrogen (secondary N) is 1. The van der Waals surface area contributed by atoms with Gasteiger partial charge in [-0.2, -0.15) is 13.2 Å². The van der Waals surface area contributed by atoms with Crippen LogP contribution in [0.25, 0.3) is 0 Å². The molecule has 2 aromatic rings. The van der Waals surface area contributed by atoms with Crippen molar-refractivity contribution in [1.82, 2.24) is 9.88 Å². The Labute approximate surface area is 169 Å². The summed E-state index contributed by atoms with van der Waals surface area (Å²) in [6.07, 6.45) is -3.08. The van der Waals surface area contributed by atoms with Crippen molar-refractivity contribution in [3.63, 3.8) is 0 Å². The Balaban J connectivity index is 2.15. The smallest absolute Gasteiger partial charge is 0.327 e. The molecule has 1 N–H and O–H groups in total. The topological polar surface area (TPSA) is 62.3 Å². The van der Waals surface area contributed by atoms with E-state index in [1.165, 1.54) is 32.0 Å². The Morgan fingerprint density at radius 1 is 1.18 bits per heavy atom. The van der Waals surface area contributed by atoms with Crippen LogP contribution >= 0.6 is 23.2 Å².